The molecular weight excluding hydrogens is 318 g/mol. The molecule has 0 fully saturated rings. The number of hydrogen-bond donors (Lipinski definition) is 2. The van der Waals surface area contributed by atoms with E-state index in [0.29, 0.717) is 19.0 Å². The van der Waals surface area contributed by atoms with Gasteiger partial charge in [0.2, 0.25) is 0 Å². The van der Waals surface area contributed by atoms with Gasteiger partial charge in [0.15, 0.2) is 5.96 Å². The van der Waals surface area contributed by atoms with Gasteiger partial charge in [-0.15, -0.1) is 11.3 Å². The summed E-state index contributed by atoms with van der Waals surface area (Å²) in [5, 5.41) is 7.31. The van der Waals surface area contributed by atoms with Gasteiger partial charge in [-0.05, 0) is 32.0 Å². The average molecular weight is 338 g/mol. The van der Waals surface area contributed by atoms with E-state index in [1.54, 1.807) is 11.3 Å². The van der Waals surface area contributed by atoms with Crippen molar-refractivity contribution in [2.75, 3.05) is 13.1 Å². The van der Waals surface area contributed by atoms with Crippen molar-refractivity contribution >= 4 is 17.3 Å². The number of rotatable bonds is 6. The predicted molar refractivity (Wildman–Crippen MR) is 89.7 cm³/mol. The Morgan fingerprint density at radius 3 is 2.83 bits per heavy atom. The fourth-order valence-electron chi connectivity index (χ4n) is 1.98. The number of halogens is 2. The Labute approximate surface area is 138 Å². The van der Waals surface area contributed by atoms with E-state index in [1.165, 1.54) is 10.9 Å². The Morgan fingerprint density at radius 1 is 1.30 bits per heavy atom. The van der Waals surface area contributed by atoms with E-state index < -0.39 is 11.6 Å². The Bertz CT molecular complexity index is 670. The predicted octanol–water partition coefficient (Wildman–Crippen LogP) is 3.03. The molecule has 2 rings (SSSR count). The number of aliphatic imine (C=N–C) groups is 1. The van der Waals surface area contributed by atoms with Crippen LogP contribution in [0.5, 0.6) is 0 Å². The van der Waals surface area contributed by atoms with Crippen LogP contribution in [0.1, 0.15) is 22.4 Å². The molecule has 7 heteroatoms. The van der Waals surface area contributed by atoms with E-state index in [9.17, 15) is 8.78 Å². The minimum atomic E-state index is -0.464. The van der Waals surface area contributed by atoms with Crippen molar-refractivity contribution in [3.8, 4) is 0 Å². The molecule has 0 aliphatic heterocycles. The van der Waals surface area contributed by atoms with E-state index in [2.05, 4.69) is 20.6 Å². The monoisotopic (exact) mass is 338 g/mol. The molecule has 0 atom stereocenters. The van der Waals surface area contributed by atoms with Crippen molar-refractivity contribution in [3.63, 3.8) is 0 Å². The largest absolute Gasteiger partial charge is 0.357 e. The standard InChI is InChI=1S/C16H20F2N4S/c1-3-19-16(20-7-6-15-21-9-11(2)23-15)22-10-12-8-13(17)4-5-14(12)18/h4-5,8-9H,3,6-7,10H2,1-2H3,(H2,19,20,22). The molecule has 4 nitrogen and oxygen atoms in total. The highest BCUT2D eigenvalue weighted by atomic mass is 32.1. The molecule has 0 amide bonds. The van der Waals surface area contributed by atoms with Crippen LogP contribution >= 0.6 is 11.3 Å². The second-order valence-corrected chi connectivity index (χ2v) is 6.29. The van der Waals surface area contributed by atoms with Crippen LogP contribution in [0.4, 0.5) is 8.78 Å². The average Bonchev–Trinajstić information content (AvgIpc) is 2.93. The number of guanidine groups is 1. The Hall–Kier alpha value is -2.02. The molecule has 0 aliphatic carbocycles. The number of hydrogen-bond acceptors (Lipinski definition) is 3. The minimum absolute atomic E-state index is 0.0787. The number of aryl methyl sites for hydroxylation is 1. The molecule has 0 saturated carbocycles. The lowest BCUT2D eigenvalue weighted by Crippen LogP contribution is -2.38. The van der Waals surface area contributed by atoms with Crippen molar-refractivity contribution in [3.05, 3.63) is 51.5 Å². The lowest BCUT2D eigenvalue weighted by molar-refractivity contribution is 0.585. The fraction of sp³-hybridized carbons (Fsp3) is 0.375. The third-order valence-electron chi connectivity index (χ3n) is 3.06. The van der Waals surface area contributed by atoms with Crippen LogP contribution in [-0.4, -0.2) is 24.0 Å². The van der Waals surface area contributed by atoms with E-state index in [0.717, 1.165) is 23.6 Å². The fourth-order valence-corrected chi connectivity index (χ4v) is 2.76. The maximum absolute atomic E-state index is 13.6. The summed E-state index contributed by atoms with van der Waals surface area (Å²) in [7, 11) is 0. The summed E-state index contributed by atoms with van der Waals surface area (Å²) < 4.78 is 26.8. The Balaban J connectivity index is 1.92. The molecular formula is C16H20F2N4S. The van der Waals surface area contributed by atoms with Gasteiger partial charge in [-0.2, -0.15) is 0 Å². The maximum atomic E-state index is 13.6. The molecule has 0 radical (unpaired) electrons. The molecule has 2 N–H and O–H groups in total. The first-order valence-corrected chi connectivity index (χ1v) is 8.27. The van der Waals surface area contributed by atoms with Gasteiger partial charge in [0, 0.05) is 36.1 Å². The van der Waals surface area contributed by atoms with Crippen LogP contribution in [0.3, 0.4) is 0 Å². The molecule has 0 aliphatic rings. The quantitative estimate of drug-likeness (QED) is 0.629. The van der Waals surface area contributed by atoms with Crippen molar-refractivity contribution < 1.29 is 8.78 Å². The van der Waals surface area contributed by atoms with Gasteiger partial charge >= 0.3 is 0 Å². The van der Waals surface area contributed by atoms with Gasteiger partial charge in [0.25, 0.3) is 0 Å². The van der Waals surface area contributed by atoms with Crippen molar-refractivity contribution in [2.24, 2.45) is 4.99 Å². The first-order valence-electron chi connectivity index (χ1n) is 7.46. The highest BCUT2D eigenvalue weighted by Crippen LogP contribution is 2.11. The number of thiazole rings is 1. The Morgan fingerprint density at radius 2 is 2.13 bits per heavy atom. The summed E-state index contributed by atoms with van der Waals surface area (Å²) in [5.41, 5.74) is 0.234. The SMILES string of the molecule is CCNC(=NCc1cc(F)ccc1F)NCCc1ncc(C)s1. The lowest BCUT2D eigenvalue weighted by Gasteiger charge is -2.10. The third-order valence-corrected chi connectivity index (χ3v) is 4.03. The zero-order valence-electron chi connectivity index (χ0n) is 13.2. The van der Waals surface area contributed by atoms with E-state index in [1.807, 2.05) is 20.0 Å². The van der Waals surface area contributed by atoms with Gasteiger partial charge in [-0.1, -0.05) is 0 Å². The molecule has 124 valence electrons. The first-order chi connectivity index (χ1) is 11.1. The summed E-state index contributed by atoms with van der Waals surface area (Å²) >= 11 is 1.66. The van der Waals surface area contributed by atoms with Gasteiger partial charge in [0.1, 0.15) is 11.6 Å². The molecule has 2 aromatic rings. The van der Waals surface area contributed by atoms with Crippen LogP contribution in [0.2, 0.25) is 0 Å². The third kappa shape index (κ3) is 5.59. The van der Waals surface area contributed by atoms with Crippen LogP contribution in [-0.2, 0) is 13.0 Å². The van der Waals surface area contributed by atoms with Crippen molar-refractivity contribution in [2.45, 2.75) is 26.8 Å². The van der Waals surface area contributed by atoms with Crippen LogP contribution in [0.25, 0.3) is 0 Å². The molecule has 1 aromatic heterocycles. The number of nitrogens with zero attached hydrogens (tertiary/aromatic N) is 2. The topological polar surface area (TPSA) is 49.3 Å². The van der Waals surface area contributed by atoms with E-state index in [-0.39, 0.29) is 12.1 Å². The second kappa shape index (κ2) is 8.57. The summed E-state index contributed by atoms with van der Waals surface area (Å²) in [6.07, 6.45) is 2.64. The number of nitrogens with one attached hydrogen (secondary N) is 2. The van der Waals surface area contributed by atoms with Gasteiger partial charge < -0.3 is 10.6 Å². The zero-order chi connectivity index (χ0) is 16.7. The minimum Gasteiger partial charge on any atom is -0.357 e. The number of benzene rings is 1. The molecule has 23 heavy (non-hydrogen) atoms. The van der Waals surface area contributed by atoms with Crippen LogP contribution in [0.15, 0.2) is 29.4 Å². The smallest absolute Gasteiger partial charge is 0.191 e. The molecule has 0 saturated heterocycles. The first kappa shape index (κ1) is 17.3. The highest BCUT2D eigenvalue weighted by molar-refractivity contribution is 7.11. The van der Waals surface area contributed by atoms with Gasteiger partial charge in [-0.25, -0.2) is 18.8 Å². The van der Waals surface area contributed by atoms with E-state index in [4.69, 9.17) is 0 Å². The van der Waals surface area contributed by atoms with Crippen LogP contribution < -0.4 is 10.6 Å². The lowest BCUT2D eigenvalue weighted by atomic mass is 10.2. The van der Waals surface area contributed by atoms with Crippen molar-refractivity contribution in [1.29, 1.82) is 0 Å². The van der Waals surface area contributed by atoms with Crippen LogP contribution in [0, 0.1) is 18.6 Å². The maximum Gasteiger partial charge on any atom is 0.191 e. The van der Waals surface area contributed by atoms with Gasteiger partial charge in [-0.3, -0.25) is 0 Å². The van der Waals surface area contributed by atoms with E-state index >= 15 is 0 Å². The normalized spacial score (nSPS) is 11.6. The summed E-state index contributed by atoms with van der Waals surface area (Å²) in [6.45, 7) is 5.41. The second-order valence-electron chi connectivity index (χ2n) is 4.97. The Kier molecular flexibility index (Phi) is 6.46. The summed E-state index contributed by atoms with van der Waals surface area (Å²) in [6, 6.07) is 3.38. The summed E-state index contributed by atoms with van der Waals surface area (Å²) in [4.78, 5) is 9.78. The molecule has 0 spiro atoms. The summed E-state index contributed by atoms with van der Waals surface area (Å²) in [5.74, 6) is -0.345. The molecule has 0 unspecified atom stereocenters. The molecule has 1 heterocycles. The van der Waals surface area contributed by atoms with Gasteiger partial charge in [0.05, 0.1) is 11.6 Å². The highest BCUT2D eigenvalue weighted by Gasteiger charge is 2.05. The molecule has 1 aromatic carbocycles. The zero-order valence-corrected chi connectivity index (χ0v) is 14.0. The van der Waals surface area contributed by atoms with Crippen molar-refractivity contribution in [1.82, 2.24) is 15.6 Å². The molecule has 0 bridgehead atoms. The number of aromatic nitrogens is 1.